The maximum absolute atomic E-state index is 12.2. The lowest BCUT2D eigenvalue weighted by atomic mass is 10.2. The molecule has 0 aliphatic carbocycles. The molecule has 1 aromatic carbocycles. The van der Waals surface area contributed by atoms with Crippen molar-refractivity contribution in [2.45, 2.75) is 6.92 Å². The Morgan fingerprint density at radius 2 is 1.82 bits per heavy atom. The van der Waals surface area contributed by atoms with Gasteiger partial charge >= 0.3 is 0 Å². The number of pyridine rings is 1. The number of aromatic nitrogens is 1. The van der Waals surface area contributed by atoms with Gasteiger partial charge in [0.2, 0.25) is 0 Å². The van der Waals surface area contributed by atoms with Crippen LogP contribution in [0.1, 0.15) is 27.6 Å². The molecule has 2 amide bonds. The molecule has 3 rings (SSSR count). The number of carbonyl (C=O) groups excluding carboxylic acids is 2. The summed E-state index contributed by atoms with van der Waals surface area (Å²) in [4.78, 5) is 29.4. The van der Waals surface area contributed by atoms with Gasteiger partial charge in [0.15, 0.2) is 0 Å². The largest absolute Gasteiger partial charge is 0.494 e. The number of rotatable bonds is 5. The summed E-state index contributed by atoms with van der Waals surface area (Å²) in [6.45, 7) is 2.64. The third-order valence-electron chi connectivity index (χ3n) is 3.38. The van der Waals surface area contributed by atoms with Crippen molar-refractivity contribution < 1.29 is 14.3 Å². The van der Waals surface area contributed by atoms with E-state index in [4.69, 9.17) is 4.74 Å². The Balaban J connectivity index is 1.67. The quantitative estimate of drug-likeness (QED) is 0.856. The number of ether oxygens (including phenoxy) is 1. The van der Waals surface area contributed by atoms with E-state index in [0.29, 0.717) is 17.7 Å². The van der Waals surface area contributed by atoms with E-state index in [2.05, 4.69) is 10.3 Å². The number of imide groups is 1. The lowest BCUT2D eigenvalue weighted by molar-refractivity contribution is 0.0665. The molecule has 1 aromatic heterocycles. The normalized spacial score (nSPS) is 13.2. The monoisotopic (exact) mass is 297 g/mol. The summed E-state index contributed by atoms with van der Waals surface area (Å²) in [5.74, 6) is 0.146. The Morgan fingerprint density at radius 3 is 2.50 bits per heavy atom. The fourth-order valence-electron chi connectivity index (χ4n) is 2.28. The molecule has 6 nitrogen and oxygen atoms in total. The van der Waals surface area contributed by atoms with Gasteiger partial charge in [0, 0.05) is 18.1 Å². The molecule has 0 radical (unpaired) electrons. The highest BCUT2D eigenvalue weighted by molar-refractivity contribution is 6.21. The molecule has 0 saturated heterocycles. The van der Waals surface area contributed by atoms with Crippen LogP contribution in [-0.2, 0) is 0 Å². The third kappa shape index (κ3) is 2.50. The molecule has 0 fully saturated rings. The van der Waals surface area contributed by atoms with Crippen LogP contribution in [0.5, 0.6) is 5.75 Å². The zero-order valence-electron chi connectivity index (χ0n) is 12.1. The van der Waals surface area contributed by atoms with E-state index in [9.17, 15) is 9.59 Å². The van der Waals surface area contributed by atoms with Gasteiger partial charge in [0.05, 0.1) is 24.4 Å². The lowest BCUT2D eigenvalue weighted by Crippen LogP contribution is -2.34. The molecule has 2 aromatic rings. The second-order valence-corrected chi connectivity index (χ2v) is 4.75. The number of fused-ring (bicyclic) bond motifs is 1. The molecule has 1 aliphatic rings. The summed E-state index contributed by atoms with van der Waals surface area (Å²) >= 11 is 0. The number of anilines is 1. The Kier molecular flexibility index (Phi) is 3.74. The first kappa shape index (κ1) is 14.1. The highest BCUT2D eigenvalue weighted by atomic mass is 16.5. The van der Waals surface area contributed by atoms with E-state index < -0.39 is 0 Å². The van der Waals surface area contributed by atoms with Gasteiger partial charge in [-0.15, -0.1) is 0 Å². The summed E-state index contributed by atoms with van der Waals surface area (Å²) in [6, 6.07) is 8.90. The predicted octanol–water partition coefficient (Wildman–Crippen LogP) is 2.15. The Bertz CT molecular complexity index is 678. The van der Waals surface area contributed by atoms with Crippen molar-refractivity contribution in [3.05, 3.63) is 53.9 Å². The van der Waals surface area contributed by atoms with Gasteiger partial charge in [-0.1, -0.05) is 0 Å². The van der Waals surface area contributed by atoms with Gasteiger partial charge in [0.25, 0.3) is 11.8 Å². The SMILES string of the molecule is CCOc1ccc(NCN2C(=O)c3ccncc3C2=O)cc1. The summed E-state index contributed by atoms with van der Waals surface area (Å²) in [7, 11) is 0. The second-order valence-electron chi connectivity index (χ2n) is 4.75. The van der Waals surface area contributed by atoms with Crippen molar-refractivity contribution in [2.75, 3.05) is 18.6 Å². The number of nitrogens with zero attached hydrogens (tertiary/aromatic N) is 2. The van der Waals surface area contributed by atoms with E-state index in [-0.39, 0.29) is 18.5 Å². The summed E-state index contributed by atoms with van der Waals surface area (Å²) < 4.78 is 5.36. The van der Waals surface area contributed by atoms with E-state index in [1.54, 1.807) is 6.07 Å². The molecule has 0 spiro atoms. The first-order chi connectivity index (χ1) is 10.7. The van der Waals surface area contributed by atoms with Crippen LogP contribution in [-0.4, -0.2) is 35.0 Å². The fraction of sp³-hybridized carbons (Fsp3) is 0.188. The summed E-state index contributed by atoms with van der Waals surface area (Å²) in [6.07, 6.45) is 2.93. The zero-order valence-corrected chi connectivity index (χ0v) is 12.1. The molecule has 2 heterocycles. The van der Waals surface area contributed by atoms with Crippen LogP contribution in [0.25, 0.3) is 0 Å². The molecule has 112 valence electrons. The molecule has 0 unspecified atom stereocenters. The van der Waals surface area contributed by atoms with E-state index in [1.165, 1.54) is 17.3 Å². The van der Waals surface area contributed by atoms with Crippen LogP contribution in [0.2, 0.25) is 0 Å². The van der Waals surface area contributed by atoms with Crippen LogP contribution in [0.15, 0.2) is 42.7 Å². The number of amides is 2. The van der Waals surface area contributed by atoms with Crippen LogP contribution < -0.4 is 10.1 Å². The first-order valence-electron chi connectivity index (χ1n) is 6.97. The van der Waals surface area contributed by atoms with Crippen molar-refractivity contribution in [3.63, 3.8) is 0 Å². The molecule has 0 saturated carbocycles. The third-order valence-corrected chi connectivity index (χ3v) is 3.38. The van der Waals surface area contributed by atoms with Gasteiger partial charge in [-0.25, -0.2) is 0 Å². The first-order valence-corrected chi connectivity index (χ1v) is 6.97. The number of carbonyl (C=O) groups is 2. The molecular formula is C16H15N3O3. The molecule has 22 heavy (non-hydrogen) atoms. The van der Waals surface area contributed by atoms with Crippen LogP contribution in [0.4, 0.5) is 5.69 Å². The molecule has 6 heteroatoms. The second kappa shape index (κ2) is 5.85. The van der Waals surface area contributed by atoms with Gasteiger partial charge in [0.1, 0.15) is 5.75 Å². The van der Waals surface area contributed by atoms with Crippen molar-refractivity contribution in [1.29, 1.82) is 0 Å². The maximum Gasteiger partial charge on any atom is 0.264 e. The summed E-state index contributed by atoms with van der Waals surface area (Å²) in [5.41, 5.74) is 1.55. The topological polar surface area (TPSA) is 71.5 Å². The number of benzene rings is 1. The number of nitrogens with one attached hydrogen (secondary N) is 1. The minimum atomic E-state index is -0.327. The molecule has 0 bridgehead atoms. The van der Waals surface area contributed by atoms with E-state index >= 15 is 0 Å². The Hall–Kier alpha value is -2.89. The van der Waals surface area contributed by atoms with E-state index in [0.717, 1.165) is 11.4 Å². The van der Waals surface area contributed by atoms with E-state index in [1.807, 2.05) is 31.2 Å². The lowest BCUT2D eigenvalue weighted by Gasteiger charge is -2.15. The van der Waals surface area contributed by atoms with Gasteiger partial charge in [-0.2, -0.15) is 0 Å². The van der Waals surface area contributed by atoms with Gasteiger partial charge < -0.3 is 10.1 Å². The fourth-order valence-corrected chi connectivity index (χ4v) is 2.28. The molecule has 1 aliphatic heterocycles. The Morgan fingerprint density at radius 1 is 1.09 bits per heavy atom. The van der Waals surface area contributed by atoms with Crippen molar-refractivity contribution >= 4 is 17.5 Å². The highest BCUT2D eigenvalue weighted by Crippen LogP contribution is 2.22. The van der Waals surface area contributed by atoms with Crippen molar-refractivity contribution in [2.24, 2.45) is 0 Å². The molecular weight excluding hydrogens is 282 g/mol. The minimum Gasteiger partial charge on any atom is -0.494 e. The average molecular weight is 297 g/mol. The summed E-state index contributed by atoms with van der Waals surface area (Å²) in [5, 5.41) is 3.06. The molecule has 1 N–H and O–H groups in total. The van der Waals surface area contributed by atoms with Crippen LogP contribution >= 0.6 is 0 Å². The zero-order chi connectivity index (χ0) is 15.5. The number of hydrogen-bond acceptors (Lipinski definition) is 5. The maximum atomic E-state index is 12.2. The average Bonchev–Trinajstić information content (AvgIpc) is 2.79. The molecule has 0 atom stereocenters. The van der Waals surface area contributed by atoms with Crippen LogP contribution in [0.3, 0.4) is 0 Å². The van der Waals surface area contributed by atoms with Crippen molar-refractivity contribution in [3.8, 4) is 5.75 Å². The number of hydrogen-bond donors (Lipinski definition) is 1. The van der Waals surface area contributed by atoms with Crippen LogP contribution in [0, 0.1) is 0 Å². The predicted molar refractivity (Wildman–Crippen MR) is 80.8 cm³/mol. The standard InChI is InChI=1S/C16H15N3O3/c1-2-22-12-5-3-11(4-6-12)18-10-19-15(20)13-7-8-17-9-14(13)16(19)21/h3-9,18H,2,10H2,1H3. The Labute approximate surface area is 127 Å². The van der Waals surface area contributed by atoms with Crippen molar-refractivity contribution in [1.82, 2.24) is 9.88 Å². The smallest absolute Gasteiger partial charge is 0.264 e. The van der Waals surface area contributed by atoms with Gasteiger partial charge in [-0.05, 0) is 37.3 Å². The minimum absolute atomic E-state index is 0.111. The van der Waals surface area contributed by atoms with Gasteiger partial charge in [-0.3, -0.25) is 19.5 Å². The highest BCUT2D eigenvalue weighted by Gasteiger charge is 2.35.